The van der Waals surface area contributed by atoms with E-state index >= 15 is 0 Å². The van der Waals surface area contributed by atoms with Crippen molar-refractivity contribution >= 4 is 29.3 Å². The highest BCUT2D eigenvalue weighted by molar-refractivity contribution is 6.00. The van der Waals surface area contributed by atoms with Crippen LogP contribution in [0.25, 0.3) is 5.69 Å². The molecule has 2 N–H and O–H groups in total. The first-order valence-corrected chi connectivity index (χ1v) is 14.6. The first-order valence-electron chi connectivity index (χ1n) is 14.6. The van der Waals surface area contributed by atoms with Crippen molar-refractivity contribution in [2.24, 2.45) is 0 Å². The summed E-state index contributed by atoms with van der Waals surface area (Å²) in [6.07, 6.45) is 0. The maximum absolute atomic E-state index is 13.8. The van der Waals surface area contributed by atoms with Gasteiger partial charge in [-0.15, -0.1) is 0 Å². The second-order valence-corrected chi connectivity index (χ2v) is 11.5. The van der Waals surface area contributed by atoms with E-state index in [9.17, 15) is 18.4 Å². The number of alkyl halides is 2. The summed E-state index contributed by atoms with van der Waals surface area (Å²) in [5.74, 6) is 1.07. The number of amides is 3. The number of carbonyl (C=O) groups excluding carboxylic acids is 2. The Morgan fingerprint density at radius 1 is 0.886 bits per heavy atom. The number of pyridine rings is 1. The van der Waals surface area contributed by atoms with Crippen LogP contribution < -0.4 is 15.5 Å². The number of hydrogen-bond donors (Lipinski definition) is 2. The van der Waals surface area contributed by atoms with Crippen LogP contribution in [0, 0.1) is 20.8 Å². The van der Waals surface area contributed by atoms with Gasteiger partial charge >= 0.3 is 6.03 Å². The molecule has 1 aliphatic rings. The molecule has 5 rings (SSSR count). The number of aryl methyl sites for hydroxylation is 3. The maximum Gasteiger partial charge on any atom is 0.324 e. The van der Waals surface area contributed by atoms with E-state index in [4.69, 9.17) is 4.98 Å². The van der Waals surface area contributed by atoms with Crippen molar-refractivity contribution in [1.29, 1.82) is 0 Å². The summed E-state index contributed by atoms with van der Waals surface area (Å²) in [7, 11) is 0. The fraction of sp³-hybridized carbons (Fsp3) is 0.333. The van der Waals surface area contributed by atoms with E-state index in [-0.39, 0.29) is 17.4 Å². The Balaban J connectivity index is 1.26. The predicted octanol–water partition coefficient (Wildman–Crippen LogP) is 6.00. The largest absolute Gasteiger partial charge is 0.353 e. The van der Waals surface area contributed by atoms with Gasteiger partial charge in [0.1, 0.15) is 25.0 Å². The highest BCUT2D eigenvalue weighted by atomic mass is 19.1. The topological polar surface area (TPSA) is 95.4 Å². The van der Waals surface area contributed by atoms with Crippen molar-refractivity contribution < 1.29 is 18.4 Å². The number of carbonyl (C=O) groups is 2. The van der Waals surface area contributed by atoms with Crippen LogP contribution in [0.2, 0.25) is 0 Å². The number of piperazine rings is 1. The second-order valence-electron chi connectivity index (χ2n) is 11.5. The third-order valence-electron chi connectivity index (χ3n) is 8.02. The summed E-state index contributed by atoms with van der Waals surface area (Å²) >= 11 is 0. The highest BCUT2D eigenvalue weighted by Gasteiger charge is 2.32. The van der Waals surface area contributed by atoms with Gasteiger partial charge in [-0.25, -0.2) is 23.2 Å². The zero-order valence-corrected chi connectivity index (χ0v) is 25.4. The van der Waals surface area contributed by atoms with Crippen molar-refractivity contribution in [2.45, 2.75) is 33.1 Å². The summed E-state index contributed by atoms with van der Waals surface area (Å²) in [6.45, 7) is 7.72. The normalized spacial score (nSPS) is 13.6. The molecule has 0 spiro atoms. The third kappa shape index (κ3) is 6.41. The van der Waals surface area contributed by atoms with Crippen molar-refractivity contribution in [3.05, 3.63) is 94.8 Å². The minimum atomic E-state index is -1.43. The van der Waals surface area contributed by atoms with Crippen LogP contribution in [-0.4, -0.2) is 71.1 Å². The number of urea groups is 1. The first-order chi connectivity index (χ1) is 21.1. The molecular weight excluding hydrogens is 564 g/mol. The summed E-state index contributed by atoms with van der Waals surface area (Å²) in [5.41, 5.74) is 3.25. The molecule has 0 radical (unpaired) electrons. The average molecular weight is 602 g/mol. The fourth-order valence-corrected chi connectivity index (χ4v) is 5.07. The Morgan fingerprint density at radius 2 is 1.57 bits per heavy atom. The maximum atomic E-state index is 13.8. The van der Waals surface area contributed by atoms with Gasteiger partial charge in [0.05, 0.1) is 28.2 Å². The first kappa shape index (κ1) is 30.7. The number of benzene rings is 2. The SMILES string of the molecule is Cc1ccc(-n2nc(C(C)(CF)CF)cc2NC(=O)Nc2ccc(N3CCN(C(=O)c4ccccc4C)CC3)nc2C)cc1. The Hall–Kier alpha value is -4.80. The molecule has 1 aliphatic heterocycles. The number of rotatable bonds is 8. The van der Waals surface area contributed by atoms with Crippen molar-refractivity contribution in [2.75, 3.05) is 55.1 Å². The van der Waals surface area contributed by atoms with Crippen LogP contribution in [0.3, 0.4) is 0 Å². The minimum Gasteiger partial charge on any atom is -0.353 e. The fourth-order valence-electron chi connectivity index (χ4n) is 5.07. The number of anilines is 3. The number of halogens is 2. The van der Waals surface area contributed by atoms with Gasteiger partial charge in [-0.1, -0.05) is 35.9 Å². The van der Waals surface area contributed by atoms with Gasteiger partial charge in [0.25, 0.3) is 5.91 Å². The van der Waals surface area contributed by atoms with E-state index in [1.807, 2.05) is 73.3 Å². The molecule has 1 fully saturated rings. The van der Waals surface area contributed by atoms with Crippen LogP contribution in [-0.2, 0) is 5.41 Å². The molecule has 44 heavy (non-hydrogen) atoms. The molecule has 230 valence electrons. The smallest absolute Gasteiger partial charge is 0.324 e. The van der Waals surface area contributed by atoms with Gasteiger partial charge in [0.15, 0.2) is 0 Å². The van der Waals surface area contributed by atoms with Crippen LogP contribution in [0.15, 0.2) is 66.7 Å². The molecule has 0 saturated carbocycles. The number of nitrogens with one attached hydrogen (secondary N) is 2. The lowest BCUT2D eigenvalue weighted by Gasteiger charge is -2.35. The summed E-state index contributed by atoms with van der Waals surface area (Å²) in [4.78, 5) is 34.8. The zero-order chi connectivity index (χ0) is 31.4. The van der Waals surface area contributed by atoms with Gasteiger partial charge < -0.3 is 15.1 Å². The lowest BCUT2D eigenvalue weighted by Crippen LogP contribution is -2.49. The Labute approximate surface area is 255 Å². The molecule has 2 aromatic heterocycles. The van der Waals surface area contributed by atoms with Gasteiger partial charge in [-0.2, -0.15) is 5.10 Å². The van der Waals surface area contributed by atoms with E-state index in [2.05, 4.69) is 20.6 Å². The van der Waals surface area contributed by atoms with Crippen LogP contribution in [0.1, 0.15) is 39.8 Å². The molecule has 0 unspecified atom stereocenters. The second kappa shape index (κ2) is 12.8. The van der Waals surface area contributed by atoms with Crippen LogP contribution >= 0.6 is 0 Å². The Kier molecular flexibility index (Phi) is 8.93. The van der Waals surface area contributed by atoms with Crippen LogP contribution in [0.5, 0.6) is 0 Å². The van der Waals surface area contributed by atoms with Gasteiger partial charge in [-0.3, -0.25) is 10.1 Å². The molecule has 11 heteroatoms. The summed E-state index contributed by atoms with van der Waals surface area (Å²) in [5, 5.41) is 10.1. The molecule has 4 aromatic rings. The molecule has 0 bridgehead atoms. The standard InChI is InChI=1S/C33H37F2N7O2/c1-22-9-11-25(12-10-22)42-30(19-28(39-42)33(4,20-34)21-35)38-32(44)37-27-13-14-29(36-24(27)3)40-15-17-41(18-16-40)31(43)26-8-6-5-7-23(26)2/h5-14,19H,15-18,20-21H2,1-4H3,(H2,37,38,44). The Morgan fingerprint density at radius 3 is 2.20 bits per heavy atom. The number of aromatic nitrogens is 3. The molecule has 3 heterocycles. The van der Waals surface area contributed by atoms with Crippen LogP contribution in [0.4, 0.5) is 30.9 Å². The molecule has 3 amide bonds. The lowest BCUT2D eigenvalue weighted by atomic mass is 9.90. The third-order valence-corrected chi connectivity index (χ3v) is 8.02. The van der Waals surface area contributed by atoms with E-state index in [1.165, 1.54) is 17.7 Å². The molecule has 0 aliphatic carbocycles. The van der Waals surface area contributed by atoms with Crippen molar-refractivity contribution in [1.82, 2.24) is 19.7 Å². The quantitative estimate of drug-likeness (QED) is 0.259. The number of nitrogens with zero attached hydrogens (tertiary/aromatic N) is 5. The number of hydrogen-bond acceptors (Lipinski definition) is 5. The summed E-state index contributed by atoms with van der Waals surface area (Å²) < 4.78 is 29.1. The minimum absolute atomic E-state index is 0.0345. The van der Waals surface area contributed by atoms with Gasteiger partial charge in [0, 0.05) is 37.8 Å². The molecule has 1 saturated heterocycles. The molecule has 2 aromatic carbocycles. The monoisotopic (exact) mass is 601 g/mol. The van der Waals surface area contributed by atoms with E-state index in [1.54, 1.807) is 13.0 Å². The molecular formula is C33H37F2N7O2. The molecule has 9 nitrogen and oxygen atoms in total. The van der Waals surface area contributed by atoms with E-state index in [0.29, 0.717) is 43.2 Å². The van der Waals surface area contributed by atoms with E-state index < -0.39 is 24.8 Å². The highest BCUT2D eigenvalue weighted by Crippen LogP contribution is 2.29. The summed E-state index contributed by atoms with van der Waals surface area (Å²) in [6, 6.07) is 19.6. The van der Waals surface area contributed by atoms with Crippen molar-refractivity contribution in [3.63, 3.8) is 0 Å². The van der Waals surface area contributed by atoms with E-state index in [0.717, 1.165) is 22.5 Å². The average Bonchev–Trinajstić information content (AvgIpc) is 3.46. The Bertz CT molecular complexity index is 1640. The van der Waals surface area contributed by atoms with Gasteiger partial charge in [0.2, 0.25) is 0 Å². The lowest BCUT2D eigenvalue weighted by molar-refractivity contribution is 0.0745. The zero-order valence-electron chi connectivity index (χ0n) is 25.4. The predicted molar refractivity (Wildman–Crippen MR) is 169 cm³/mol. The van der Waals surface area contributed by atoms with Crippen molar-refractivity contribution in [3.8, 4) is 5.69 Å². The molecule has 0 atom stereocenters. The van der Waals surface area contributed by atoms with Gasteiger partial charge in [-0.05, 0) is 63.6 Å².